The van der Waals surface area contributed by atoms with Crippen molar-refractivity contribution in [3.63, 3.8) is 0 Å². The molecule has 1 heterocycles. The second-order valence-electron chi connectivity index (χ2n) is 6.14. The number of aryl methyl sites for hydroxylation is 2. The number of carbonyl (C=O) groups excluding carboxylic acids is 1. The number of rotatable bonds is 9. The number of methoxy groups -OCH3 is 1. The largest absolute Gasteiger partial charge is 0.497 e. The molecule has 0 unspecified atom stereocenters. The zero-order valence-corrected chi connectivity index (χ0v) is 18.8. The van der Waals surface area contributed by atoms with E-state index >= 15 is 0 Å². The Hall–Kier alpha value is -1.80. The lowest BCUT2D eigenvalue weighted by Crippen LogP contribution is -2.14. The number of nitrogens with zero attached hydrogens (tertiary/aromatic N) is 2. The molecule has 9 heteroatoms. The van der Waals surface area contributed by atoms with Gasteiger partial charge in [-0.25, -0.2) is 0 Å². The lowest BCUT2D eigenvalue weighted by molar-refractivity contribution is -0.113. The average molecular weight is 468 g/mol. The number of anilines is 1. The predicted octanol–water partition coefficient (Wildman–Crippen LogP) is 5.51. The summed E-state index contributed by atoms with van der Waals surface area (Å²) < 4.78 is 5.16. The van der Waals surface area contributed by atoms with E-state index in [1.165, 1.54) is 28.7 Å². The van der Waals surface area contributed by atoms with Crippen molar-refractivity contribution in [2.24, 2.45) is 0 Å². The zero-order chi connectivity index (χ0) is 20.6. The van der Waals surface area contributed by atoms with Crippen LogP contribution in [0.5, 0.6) is 5.75 Å². The van der Waals surface area contributed by atoms with Gasteiger partial charge in [0.2, 0.25) is 11.0 Å². The molecule has 2 aromatic carbocycles. The molecule has 0 aliphatic carbocycles. The number of aromatic nitrogens is 2. The molecule has 0 atom stereocenters. The minimum Gasteiger partial charge on any atom is -0.497 e. The van der Waals surface area contributed by atoms with Gasteiger partial charge in [-0.3, -0.25) is 10.1 Å². The summed E-state index contributed by atoms with van der Waals surface area (Å²) in [5, 5.41) is 13.5. The van der Waals surface area contributed by atoms with E-state index in [0.717, 1.165) is 29.2 Å². The van der Waals surface area contributed by atoms with E-state index in [2.05, 4.69) is 15.5 Å². The number of halogens is 2. The molecule has 0 radical (unpaired) electrons. The van der Waals surface area contributed by atoms with Gasteiger partial charge in [0.05, 0.1) is 22.9 Å². The molecular weight excluding hydrogens is 449 g/mol. The molecule has 0 bridgehead atoms. The Kier molecular flexibility index (Phi) is 8.18. The first-order valence-corrected chi connectivity index (χ1v) is 11.5. The average Bonchev–Trinajstić information content (AvgIpc) is 3.16. The minimum absolute atomic E-state index is 0.104. The van der Waals surface area contributed by atoms with Crippen LogP contribution in [0.3, 0.4) is 0 Å². The van der Waals surface area contributed by atoms with Crippen LogP contribution in [0.1, 0.15) is 16.1 Å². The number of amides is 1. The number of nitrogens with one attached hydrogen (secondary N) is 1. The van der Waals surface area contributed by atoms with Gasteiger partial charge in [-0.1, -0.05) is 52.7 Å². The predicted molar refractivity (Wildman–Crippen MR) is 122 cm³/mol. The normalized spacial score (nSPS) is 10.7. The summed E-state index contributed by atoms with van der Waals surface area (Å²) >= 11 is 14.8. The Labute approximate surface area is 187 Å². The van der Waals surface area contributed by atoms with E-state index < -0.39 is 0 Å². The molecule has 3 rings (SSSR count). The van der Waals surface area contributed by atoms with Crippen LogP contribution in [0.2, 0.25) is 10.0 Å². The lowest BCUT2D eigenvalue weighted by atomic mass is 10.1. The third-order valence-electron chi connectivity index (χ3n) is 3.99. The second-order valence-corrected chi connectivity index (χ2v) is 9.00. The molecule has 0 aliphatic heterocycles. The Morgan fingerprint density at radius 2 is 1.83 bits per heavy atom. The fourth-order valence-corrected chi connectivity index (χ4v) is 4.35. The van der Waals surface area contributed by atoms with Gasteiger partial charge in [0, 0.05) is 12.2 Å². The molecule has 5 nitrogen and oxygen atoms in total. The number of hydrogen-bond donors (Lipinski definition) is 1. The first-order valence-electron chi connectivity index (χ1n) is 8.80. The summed E-state index contributed by atoms with van der Waals surface area (Å²) in [5.41, 5.74) is 2.22. The smallest absolute Gasteiger partial charge is 0.236 e. The molecule has 0 saturated heterocycles. The van der Waals surface area contributed by atoms with E-state index in [-0.39, 0.29) is 5.91 Å². The lowest BCUT2D eigenvalue weighted by Gasteiger charge is -2.04. The van der Waals surface area contributed by atoms with Gasteiger partial charge < -0.3 is 4.74 Å². The van der Waals surface area contributed by atoms with Crippen molar-refractivity contribution in [1.29, 1.82) is 0 Å². The van der Waals surface area contributed by atoms with E-state index in [1.54, 1.807) is 13.2 Å². The molecule has 0 spiro atoms. The van der Waals surface area contributed by atoms with Crippen molar-refractivity contribution in [1.82, 2.24) is 10.2 Å². The monoisotopic (exact) mass is 467 g/mol. The molecule has 0 saturated carbocycles. The first kappa shape index (κ1) is 21.9. The van der Waals surface area contributed by atoms with Crippen LogP contribution < -0.4 is 10.1 Å². The van der Waals surface area contributed by atoms with Crippen LogP contribution in [0.25, 0.3) is 0 Å². The van der Waals surface area contributed by atoms with Crippen LogP contribution in [0.15, 0.2) is 42.5 Å². The van der Waals surface area contributed by atoms with Gasteiger partial charge in [-0.2, -0.15) is 0 Å². The van der Waals surface area contributed by atoms with E-state index in [0.29, 0.717) is 26.7 Å². The minimum atomic E-state index is -0.104. The molecule has 29 heavy (non-hydrogen) atoms. The summed E-state index contributed by atoms with van der Waals surface area (Å²) in [5.74, 6) is 1.73. The number of benzene rings is 2. The zero-order valence-electron chi connectivity index (χ0n) is 15.7. The highest BCUT2D eigenvalue weighted by molar-refractivity contribution is 7.99. The third kappa shape index (κ3) is 6.89. The van der Waals surface area contributed by atoms with Crippen molar-refractivity contribution in [2.75, 3.05) is 18.2 Å². The summed E-state index contributed by atoms with van der Waals surface area (Å²) in [6.45, 7) is 0. The Balaban J connectivity index is 1.41. The second kappa shape index (κ2) is 10.8. The van der Waals surface area contributed by atoms with Crippen LogP contribution >= 0.6 is 46.3 Å². The summed E-state index contributed by atoms with van der Waals surface area (Å²) in [6, 6.07) is 13.4. The van der Waals surface area contributed by atoms with Gasteiger partial charge in [0.25, 0.3) is 0 Å². The molecule has 152 valence electrons. The van der Waals surface area contributed by atoms with Crippen molar-refractivity contribution >= 4 is 57.3 Å². The van der Waals surface area contributed by atoms with Crippen LogP contribution in [-0.2, 0) is 23.4 Å². The van der Waals surface area contributed by atoms with Crippen molar-refractivity contribution in [3.8, 4) is 5.75 Å². The van der Waals surface area contributed by atoms with Crippen LogP contribution in [0.4, 0.5) is 5.13 Å². The van der Waals surface area contributed by atoms with Crippen molar-refractivity contribution in [2.45, 2.75) is 18.6 Å². The summed E-state index contributed by atoms with van der Waals surface area (Å²) in [4.78, 5) is 12.1. The quantitative estimate of drug-likeness (QED) is 0.449. The molecular formula is C20H19Cl2N3O2S2. The topological polar surface area (TPSA) is 64.1 Å². The Morgan fingerprint density at radius 3 is 2.55 bits per heavy atom. The summed E-state index contributed by atoms with van der Waals surface area (Å²) in [6.07, 6.45) is 1.62. The SMILES string of the molecule is COc1ccc(CCc2nnc(NC(=O)CSCc3ccc(Cl)c(Cl)c3)s2)cc1. The molecule has 0 fully saturated rings. The van der Waals surface area contributed by atoms with Crippen LogP contribution in [0, 0.1) is 0 Å². The Morgan fingerprint density at radius 1 is 1.07 bits per heavy atom. The highest BCUT2D eigenvalue weighted by Crippen LogP contribution is 2.25. The highest BCUT2D eigenvalue weighted by atomic mass is 35.5. The highest BCUT2D eigenvalue weighted by Gasteiger charge is 2.09. The number of ether oxygens (including phenoxy) is 1. The standard InChI is InChI=1S/C20H19Cl2N3O2S2/c1-27-15-6-2-13(3-7-15)5-9-19-24-25-20(29-19)23-18(26)12-28-11-14-4-8-16(21)17(22)10-14/h2-4,6-8,10H,5,9,11-12H2,1H3,(H,23,25,26). The maximum Gasteiger partial charge on any atom is 0.236 e. The molecule has 0 aliphatic rings. The van der Waals surface area contributed by atoms with Gasteiger partial charge >= 0.3 is 0 Å². The van der Waals surface area contributed by atoms with Gasteiger partial charge in [-0.15, -0.1) is 22.0 Å². The van der Waals surface area contributed by atoms with Crippen molar-refractivity contribution in [3.05, 3.63) is 68.6 Å². The van der Waals surface area contributed by atoms with E-state index in [4.69, 9.17) is 27.9 Å². The van der Waals surface area contributed by atoms with Crippen LogP contribution in [-0.4, -0.2) is 29.0 Å². The number of carbonyl (C=O) groups is 1. The van der Waals surface area contributed by atoms with E-state index in [1.807, 2.05) is 36.4 Å². The maximum absolute atomic E-state index is 12.1. The fraction of sp³-hybridized carbons (Fsp3) is 0.250. The first-order chi connectivity index (χ1) is 14.0. The number of hydrogen-bond acceptors (Lipinski definition) is 6. The fourth-order valence-electron chi connectivity index (χ4n) is 2.49. The summed E-state index contributed by atoms with van der Waals surface area (Å²) in [7, 11) is 1.65. The maximum atomic E-state index is 12.1. The van der Waals surface area contributed by atoms with Gasteiger partial charge in [-0.05, 0) is 41.8 Å². The number of thioether (sulfide) groups is 1. The molecule has 3 aromatic rings. The molecule has 1 N–H and O–H groups in total. The van der Waals surface area contributed by atoms with Crippen molar-refractivity contribution < 1.29 is 9.53 Å². The van der Waals surface area contributed by atoms with Gasteiger partial charge in [0.15, 0.2) is 0 Å². The van der Waals surface area contributed by atoms with Gasteiger partial charge in [0.1, 0.15) is 10.8 Å². The molecule has 1 amide bonds. The molecule has 1 aromatic heterocycles. The Bertz CT molecular complexity index is 965. The van der Waals surface area contributed by atoms with E-state index in [9.17, 15) is 4.79 Å². The third-order valence-corrected chi connectivity index (χ3v) is 6.63.